The minimum Gasteiger partial charge on any atom is -0.467 e. The van der Waals surface area contributed by atoms with Crippen LogP contribution in [-0.4, -0.2) is 41.5 Å². The summed E-state index contributed by atoms with van der Waals surface area (Å²) in [6.45, 7) is 0. The first-order chi connectivity index (χ1) is 15.5. The van der Waals surface area contributed by atoms with E-state index in [-0.39, 0.29) is 29.2 Å². The normalized spacial score (nSPS) is 14.0. The Labute approximate surface area is 183 Å². The van der Waals surface area contributed by atoms with E-state index in [1.54, 1.807) is 30.3 Å². The van der Waals surface area contributed by atoms with Gasteiger partial charge in [0.15, 0.2) is 11.8 Å². The largest absolute Gasteiger partial charge is 0.467 e. The Hall–Kier alpha value is -4.33. The highest BCUT2D eigenvalue weighted by Crippen LogP contribution is 2.32. The Balaban J connectivity index is 1.83. The number of rotatable bonds is 5. The second kappa shape index (κ2) is 8.81. The van der Waals surface area contributed by atoms with Gasteiger partial charge < -0.3 is 15.8 Å². The van der Waals surface area contributed by atoms with Crippen molar-refractivity contribution in [1.82, 2.24) is 10.3 Å². The van der Waals surface area contributed by atoms with Crippen molar-refractivity contribution < 1.29 is 19.1 Å². The SMILES string of the molecule is COC(=O)C(NC(=O)c1c(N)c(-c2ccccc2)nc2ccccc12)C1=NC=CCC1=O. The Morgan fingerprint density at radius 3 is 2.53 bits per heavy atom. The predicted molar refractivity (Wildman–Crippen MR) is 121 cm³/mol. The number of nitrogens with zero attached hydrogens (tertiary/aromatic N) is 2. The van der Waals surface area contributed by atoms with Crippen molar-refractivity contribution in [3.05, 3.63) is 72.4 Å². The second-order valence-electron chi connectivity index (χ2n) is 7.09. The lowest BCUT2D eigenvalue weighted by Crippen LogP contribution is -2.50. The van der Waals surface area contributed by atoms with E-state index in [4.69, 9.17) is 10.5 Å². The van der Waals surface area contributed by atoms with E-state index in [2.05, 4.69) is 15.3 Å². The summed E-state index contributed by atoms with van der Waals surface area (Å²) >= 11 is 0. The minimum absolute atomic E-state index is 0.0840. The van der Waals surface area contributed by atoms with E-state index >= 15 is 0 Å². The van der Waals surface area contributed by atoms with E-state index in [0.29, 0.717) is 16.6 Å². The van der Waals surface area contributed by atoms with Crippen LogP contribution < -0.4 is 11.1 Å². The number of ketones is 1. The Bertz CT molecular complexity index is 1280. The average Bonchev–Trinajstić information content (AvgIpc) is 2.82. The fourth-order valence-electron chi connectivity index (χ4n) is 3.55. The molecule has 0 radical (unpaired) electrons. The van der Waals surface area contributed by atoms with Gasteiger partial charge in [-0.3, -0.25) is 14.6 Å². The maximum Gasteiger partial charge on any atom is 0.334 e. The molecule has 3 N–H and O–H groups in total. The zero-order chi connectivity index (χ0) is 22.7. The molecule has 8 heteroatoms. The van der Waals surface area contributed by atoms with Crippen LogP contribution in [-0.2, 0) is 14.3 Å². The van der Waals surface area contributed by atoms with Crippen LogP contribution in [0.15, 0.2) is 71.9 Å². The number of hydrogen-bond acceptors (Lipinski definition) is 7. The highest BCUT2D eigenvalue weighted by atomic mass is 16.5. The molecule has 1 atom stereocenters. The van der Waals surface area contributed by atoms with Crippen molar-refractivity contribution in [3.8, 4) is 11.3 Å². The van der Waals surface area contributed by atoms with Crippen molar-refractivity contribution in [2.75, 3.05) is 12.8 Å². The molecule has 2 heterocycles. The van der Waals surface area contributed by atoms with Gasteiger partial charge in [-0.15, -0.1) is 0 Å². The number of amides is 1. The third-order valence-corrected chi connectivity index (χ3v) is 5.10. The molecule has 0 spiro atoms. The van der Waals surface area contributed by atoms with Crippen LogP contribution in [0.3, 0.4) is 0 Å². The van der Waals surface area contributed by atoms with Crippen molar-refractivity contribution in [3.63, 3.8) is 0 Å². The number of esters is 1. The highest BCUT2D eigenvalue weighted by Gasteiger charge is 2.33. The monoisotopic (exact) mass is 428 g/mol. The molecule has 1 unspecified atom stereocenters. The number of aliphatic imine (C=N–C) groups is 1. The topological polar surface area (TPSA) is 124 Å². The number of allylic oxidation sites excluding steroid dienone is 1. The maximum absolute atomic E-state index is 13.4. The lowest BCUT2D eigenvalue weighted by Gasteiger charge is -2.20. The van der Waals surface area contributed by atoms with Gasteiger partial charge in [-0.1, -0.05) is 54.6 Å². The molecular weight excluding hydrogens is 408 g/mol. The fraction of sp³-hybridized carbons (Fsp3) is 0.125. The highest BCUT2D eigenvalue weighted by molar-refractivity contribution is 6.46. The first kappa shape index (κ1) is 20.9. The molecule has 0 saturated heterocycles. The molecule has 0 saturated carbocycles. The number of methoxy groups -OCH3 is 1. The molecule has 0 aliphatic carbocycles. The zero-order valence-corrected chi connectivity index (χ0v) is 17.2. The molecule has 32 heavy (non-hydrogen) atoms. The summed E-state index contributed by atoms with van der Waals surface area (Å²) in [6, 6.07) is 14.9. The number of nitrogens with one attached hydrogen (secondary N) is 1. The van der Waals surface area contributed by atoms with Gasteiger partial charge in [0.1, 0.15) is 5.71 Å². The van der Waals surface area contributed by atoms with Gasteiger partial charge >= 0.3 is 5.97 Å². The Morgan fingerprint density at radius 2 is 1.81 bits per heavy atom. The lowest BCUT2D eigenvalue weighted by atomic mass is 9.99. The number of ether oxygens (including phenoxy) is 1. The van der Waals surface area contributed by atoms with Crippen LogP contribution in [0.4, 0.5) is 5.69 Å². The number of anilines is 1. The number of nitrogen functional groups attached to an aromatic ring is 1. The summed E-state index contributed by atoms with van der Waals surface area (Å²) in [5.41, 5.74) is 8.40. The third kappa shape index (κ3) is 3.85. The Morgan fingerprint density at radius 1 is 1.09 bits per heavy atom. The quantitative estimate of drug-likeness (QED) is 0.602. The molecule has 2 aromatic carbocycles. The molecule has 0 bridgehead atoms. The molecule has 1 amide bonds. The van der Waals surface area contributed by atoms with Gasteiger partial charge in [-0.2, -0.15) is 0 Å². The van der Waals surface area contributed by atoms with Gasteiger partial charge in [0, 0.05) is 23.6 Å². The number of para-hydroxylation sites is 1. The summed E-state index contributed by atoms with van der Waals surface area (Å²) < 4.78 is 4.81. The van der Waals surface area contributed by atoms with Crippen LogP contribution in [0.25, 0.3) is 22.2 Å². The summed E-state index contributed by atoms with van der Waals surface area (Å²) in [5, 5.41) is 3.11. The van der Waals surface area contributed by atoms with Crippen molar-refractivity contribution >= 4 is 40.0 Å². The van der Waals surface area contributed by atoms with Gasteiger partial charge in [0.25, 0.3) is 5.91 Å². The number of aromatic nitrogens is 1. The molecule has 1 aliphatic heterocycles. The first-order valence-corrected chi connectivity index (χ1v) is 9.89. The number of carbonyl (C=O) groups excluding carboxylic acids is 3. The predicted octanol–water partition coefficient (Wildman–Crippen LogP) is 2.68. The van der Waals surface area contributed by atoms with Gasteiger partial charge in [0.05, 0.1) is 29.6 Å². The number of fused-ring (bicyclic) bond motifs is 1. The molecule has 3 aromatic rings. The van der Waals surface area contributed by atoms with Crippen LogP contribution in [0.1, 0.15) is 16.8 Å². The number of hydrogen-bond donors (Lipinski definition) is 2. The van der Waals surface area contributed by atoms with E-state index in [0.717, 1.165) is 5.56 Å². The number of benzene rings is 2. The fourth-order valence-corrected chi connectivity index (χ4v) is 3.55. The van der Waals surface area contributed by atoms with Crippen molar-refractivity contribution in [2.24, 2.45) is 4.99 Å². The van der Waals surface area contributed by atoms with Gasteiger partial charge in [-0.25, -0.2) is 9.78 Å². The molecule has 160 valence electrons. The molecule has 1 aromatic heterocycles. The summed E-state index contributed by atoms with van der Waals surface area (Å²) in [6.07, 6.45) is 3.08. The van der Waals surface area contributed by atoms with E-state index in [1.807, 2.05) is 30.3 Å². The van der Waals surface area contributed by atoms with Crippen LogP contribution in [0, 0.1) is 0 Å². The van der Waals surface area contributed by atoms with E-state index in [9.17, 15) is 14.4 Å². The van der Waals surface area contributed by atoms with Gasteiger partial charge in [0.2, 0.25) is 0 Å². The molecule has 0 fully saturated rings. The molecule has 8 nitrogen and oxygen atoms in total. The first-order valence-electron chi connectivity index (χ1n) is 9.89. The zero-order valence-electron chi connectivity index (χ0n) is 17.2. The molecule has 1 aliphatic rings. The maximum atomic E-state index is 13.4. The van der Waals surface area contributed by atoms with Crippen LogP contribution in [0.5, 0.6) is 0 Å². The number of Topliss-reactive ketones (excluding diaryl/α,β-unsaturated/α-hetero) is 1. The number of pyridine rings is 1. The summed E-state index contributed by atoms with van der Waals surface area (Å²) in [5.74, 6) is -1.82. The lowest BCUT2D eigenvalue weighted by molar-refractivity contribution is -0.141. The van der Waals surface area contributed by atoms with Gasteiger partial charge in [-0.05, 0) is 6.07 Å². The summed E-state index contributed by atoms with van der Waals surface area (Å²) in [4.78, 5) is 46.8. The number of nitrogens with two attached hydrogens (primary N) is 1. The smallest absolute Gasteiger partial charge is 0.334 e. The average molecular weight is 428 g/mol. The molecule has 4 rings (SSSR count). The Kier molecular flexibility index (Phi) is 5.76. The minimum atomic E-state index is -1.36. The third-order valence-electron chi connectivity index (χ3n) is 5.10. The van der Waals surface area contributed by atoms with Crippen LogP contribution >= 0.6 is 0 Å². The van der Waals surface area contributed by atoms with Crippen LogP contribution in [0.2, 0.25) is 0 Å². The van der Waals surface area contributed by atoms with E-state index < -0.39 is 17.9 Å². The standard InChI is InChI=1S/C24H20N4O4/c1-32-24(31)22(21-17(29)12-7-13-26-21)28-23(30)18-15-10-5-6-11-16(15)27-20(19(18)25)14-8-3-2-4-9-14/h2-11,13,22H,12,25H2,1H3,(H,28,30). The van der Waals surface area contributed by atoms with E-state index in [1.165, 1.54) is 13.3 Å². The summed E-state index contributed by atoms with van der Waals surface area (Å²) in [7, 11) is 1.18. The second-order valence-corrected chi connectivity index (χ2v) is 7.09. The van der Waals surface area contributed by atoms with Crippen molar-refractivity contribution in [1.29, 1.82) is 0 Å². The number of carbonyl (C=O) groups is 3. The van der Waals surface area contributed by atoms with Crippen molar-refractivity contribution in [2.45, 2.75) is 12.5 Å². The molecular formula is C24H20N4O4.